The Balaban J connectivity index is 2.36. The van der Waals surface area contributed by atoms with Crippen LogP contribution in [0.1, 0.15) is 0 Å². The Morgan fingerprint density at radius 2 is 2.00 bits per heavy atom. The van der Waals surface area contributed by atoms with Gasteiger partial charge in [0.15, 0.2) is 5.75 Å². The van der Waals surface area contributed by atoms with E-state index in [1.54, 1.807) is 0 Å². The predicted octanol–water partition coefficient (Wildman–Crippen LogP) is -0.329. The van der Waals surface area contributed by atoms with E-state index in [9.17, 15) is 15.0 Å². The van der Waals surface area contributed by atoms with Gasteiger partial charge in [0.1, 0.15) is 18.5 Å². The number of hydrogen-bond acceptors (Lipinski definition) is 6. The summed E-state index contributed by atoms with van der Waals surface area (Å²) in [6.45, 7) is -0.518. The monoisotopic (exact) mass is 267 g/mol. The van der Waals surface area contributed by atoms with Gasteiger partial charge in [0, 0.05) is 11.5 Å². The maximum absolute atomic E-state index is 11.3. The number of hydrogen-bond donors (Lipinski definition) is 5. The third-order valence-corrected chi connectivity index (χ3v) is 2.59. The lowest BCUT2D eigenvalue weighted by molar-refractivity contribution is 0.0536. The molecule has 7 nitrogen and oxygen atoms in total. The molecule has 2 aromatic rings. The van der Waals surface area contributed by atoms with Crippen molar-refractivity contribution in [1.82, 2.24) is 4.98 Å². The molecule has 102 valence electrons. The van der Waals surface area contributed by atoms with E-state index in [-0.39, 0.29) is 17.5 Å². The average Bonchev–Trinajstić information content (AvgIpc) is 2.42. The molecule has 0 aliphatic heterocycles. The molecule has 1 atom stereocenters. The van der Waals surface area contributed by atoms with Gasteiger partial charge in [0.05, 0.1) is 12.1 Å². The van der Waals surface area contributed by atoms with Crippen molar-refractivity contribution in [3.8, 4) is 17.2 Å². The van der Waals surface area contributed by atoms with E-state index in [1.165, 1.54) is 18.2 Å². The van der Waals surface area contributed by atoms with Crippen molar-refractivity contribution >= 4 is 10.9 Å². The Kier molecular flexibility index (Phi) is 3.59. The molecule has 2 rings (SSSR count). The maximum Gasteiger partial charge on any atom is 0.294 e. The minimum Gasteiger partial charge on any atom is -0.504 e. The number of pyridine rings is 1. The second-order valence-corrected chi connectivity index (χ2v) is 4.01. The molecule has 7 heteroatoms. The van der Waals surface area contributed by atoms with Crippen LogP contribution in [0.2, 0.25) is 0 Å². The van der Waals surface area contributed by atoms with Gasteiger partial charge >= 0.3 is 0 Å². The van der Waals surface area contributed by atoms with Crippen molar-refractivity contribution in [3.63, 3.8) is 0 Å². The summed E-state index contributed by atoms with van der Waals surface area (Å²) < 4.78 is 5.20. The quantitative estimate of drug-likeness (QED) is 0.517. The molecule has 1 aromatic carbocycles. The molecule has 0 aliphatic carbocycles. The molecule has 1 aromatic heterocycles. The summed E-state index contributed by atoms with van der Waals surface area (Å²) in [7, 11) is 0. The van der Waals surface area contributed by atoms with E-state index in [4.69, 9.17) is 14.9 Å². The largest absolute Gasteiger partial charge is 0.504 e. The summed E-state index contributed by atoms with van der Waals surface area (Å²) in [6.07, 6.45) is -0.997. The Bertz CT molecular complexity index is 650. The summed E-state index contributed by atoms with van der Waals surface area (Å²) in [6, 6.07) is 4.41. The lowest BCUT2D eigenvalue weighted by Gasteiger charge is -2.10. The number of aromatic amines is 1. The topological polar surface area (TPSA) is 123 Å². The second-order valence-electron chi connectivity index (χ2n) is 4.01. The van der Waals surface area contributed by atoms with E-state index in [0.29, 0.717) is 5.75 Å². The van der Waals surface area contributed by atoms with E-state index in [1.807, 2.05) is 0 Å². The summed E-state index contributed by atoms with van der Waals surface area (Å²) in [5.41, 5.74) is -0.520. The Hall–Kier alpha value is -2.25. The minimum absolute atomic E-state index is 0.101. The molecule has 0 saturated heterocycles. The maximum atomic E-state index is 11.3. The molecule has 19 heavy (non-hydrogen) atoms. The minimum atomic E-state index is -0.997. The number of fused-ring (bicyclic) bond motifs is 1. The zero-order valence-corrected chi connectivity index (χ0v) is 9.83. The lowest BCUT2D eigenvalue weighted by atomic mass is 10.2. The van der Waals surface area contributed by atoms with Gasteiger partial charge < -0.3 is 30.1 Å². The van der Waals surface area contributed by atoms with Crippen LogP contribution in [0.5, 0.6) is 17.2 Å². The number of aromatic hydroxyl groups is 2. The van der Waals surface area contributed by atoms with Gasteiger partial charge in [-0.3, -0.25) is 4.79 Å². The lowest BCUT2D eigenvalue weighted by Crippen LogP contribution is -2.21. The number of benzene rings is 1. The van der Waals surface area contributed by atoms with Crippen LogP contribution in [0.15, 0.2) is 23.0 Å². The first-order valence-electron chi connectivity index (χ1n) is 5.52. The normalized spacial score (nSPS) is 12.5. The van der Waals surface area contributed by atoms with Crippen LogP contribution in [-0.4, -0.2) is 44.7 Å². The number of ether oxygens (including phenoxy) is 1. The molecule has 0 spiro atoms. The fourth-order valence-corrected chi connectivity index (χ4v) is 1.58. The molecule has 0 radical (unpaired) electrons. The van der Waals surface area contributed by atoms with Gasteiger partial charge in [-0.05, 0) is 12.1 Å². The van der Waals surface area contributed by atoms with Gasteiger partial charge in [-0.2, -0.15) is 0 Å². The van der Waals surface area contributed by atoms with Gasteiger partial charge in [-0.25, -0.2) is 0 Å². The number of H-pyrrole nitrogens is 1. The number of aromatic nitrogens is 1. The van der Waals surface area contributed by atoms with Crippen LogP contribution in [0, 0.1) is 0 Å². The first-order chi connectivity index (χ1) is 9.02. The highest BCUT2D eigenvalue weighted by Crippen LogP contribution is 2.30. The molecule has 5 N–H and O–H groups in total. The predicted molar refractivity (Wildman–Crippen MR) is 66.5 cm³/mol. The van der Waals surface area contributed by atoms with Crippen molar-refractivity contribution in [2.24, 2.45) is 0 Å². The molecule has 0 saturated carbocycles. The fourth-order valence-electron chi connectivity index (χ4n) is 1.58. The fraction of sp³-hybridized carbons (Fsp3) is 0.250. The molecule has 0 bridgehead atoms. The highest BCUT2D eigenvalue weighted by molar-refractivity contribution is 5.87. The number of aliphatic hydroxyl groups is 2. The zero-order valence-electron chi connectivity index (χ0n) is 9.83. The highest BCUT2D eigenvalue weighted by Gasteiger charge is 2.11. The average molecular weight is 267 g/mol. The van der Waals surface area contributed by atoms with E-state index < -0.39 is 29.8 Å². The van der Waals surface area contributed by atoms with Crippen molar-refractivity contribution in [3.05, 3.63) is 28.6 Å². The van der Waals surface area contributed by atoms with Crippen LogP contribution >= 0.6 is 0 Å². The first-order valence-corrected chi connectivity index (χ1v) is 5.52. The Morgan fingerprint density at radius 3 is 2.68 bits per heavy atom. The van der Waals surface area contributed by atoms with Crippen molar-refractivity contribution in [1.29, 1.82) is 0 Å². The summed E-state index contributed by atoms with van der Waals surface area (Å²) in [5, 5.41) is 37.0. The van der Waals surface area contributed by atoms with Crippen molar-refractivity contribution < 1.29 is 25.2 Å². The number of nitrogens with one attached hydrogen (secondary N) is 1. The summed E-state index contributed by atoms with van der Waals surface area (Å²) >= 11 is 0. The second kappa shape index (κ2) is 5.17. The standard InChI is InChI=1S/C12H13NO6/c14-4-6(15)5-19-7-1-2-8-9(3-7)13-12(18)11(17)10(8)16/h1-3,6,14-15,17H,4-5H2,(H2,13,16,18). The van der Waals surface area contributed by atoms with Crippen LogP contribution in [0.4, 0.5) is 0 Å². The zero-order chi connectivity index (χ0) is 14.0. The van der Waals surface area contributed by atoms with E-state index in [0.717, 1.165) is 0 Å². The van der Waals surface area contributed by atoms with Crippen molar-refractivity contribution in [2.45, 2.75) is 6.10 Å². The van der Waals surface area contributed by atoms with Crippen molar-refractivity contribution in [2.75, 3.05) is 13.2 Å². The van der Waals surface area contributed by atoms with Gasteiger partial charge in [0.2, 0.25) is 5.75 Å². The van der Waals surface area contributed by atoms with Crippen LogP contribution in [-0.2, 0) is 0 Å². The third kappa shape index (κ3) is 2.61. The third-order valence-electron chi connectivity index (χ3n) is 2.59. The summed E-state index contributed by atoms with van der Waals surface area (Å²) in [4.78, 5) is 13.7. The SMILES string of the molecule is O=c1[nH]c2cc(OCC(O)CO)ccc2c(O)c1O. The highest BCUT2D eigenvalue weighted by atomic mass is 16.5. The first kappa shape index (κ1) is 13.2. The van der Waals surface area contributed by atoms with Crippen LogP contribution in [0.25, 0.3) is 10.9 Å². The molecule has 0 amide bonds. The molecule has 0 aliphatic rings. The molecule has 0 fully saturated rings. The number of rotatable bonds is 4. The van der Waals surface area contributed by atoms with Gasteiger partial charge in [-0.15, -0.1) is 0 Å². The molecule has 1 unspecified atom stereocenters. The Morgan fingerprint density at radius 1 is 1.26 bits per heavy atom. The van der Waals surface area contributed by atoms with Gasteiger partial charge in [-0.1, -0.05) is 0 Å². The molecular formula is C12H13NO6. The summed E-state index contributed by atoms with van der Waals surface area (Å²) in [5.74, 6) is -0.890. The molecule has 1 heterocycles. The van der Waals surface area contributed by atoms with Crippen LogP contribution in [0.3, 0.4) is 0 Å². The molecular weight excluding hydrogens is 254 g/mol. The number of aliphatic hydroxyl groups excluding tert-OH is 2. The Labute approximate surface area is 107 Å². The van der Waals surface area contributed by atoms with E-state index >= 15 is 0 Å². The van der Waals surface area contributed by atoms with Gasteiger partial charge in [0.25, 0.3) is 5.56 Å². The van der Waals surface area contributed by atoms with E-state index in [2.05, 4.69) is 4.98 Å². The van der Waals surface area contributed by atoms with Crippen LogP contribution < -0.4 is 10.3 Å². The smallest absolute Gasteiger partial charge is 0.294 e.